The largest absolute Gasteiger partial charge is 0.461 e. The fourth-order valence-corrected chi connectivity index (χ4v) is 4.69. The van der Waals surface area contributed by atoms with Gasteiger partial charge in [-0.25, -0.2) is 0 Å². The first kappa shape index (κ1) is 22.9. The maximum absolute atomic E-state index is 12.3. The van der Waals surface area contributed by atoms with E-state index in [1.807, 2.05) is 18.2 Å². The highest BCUT2D eigenvalue weighted by Crippen LogP contribution is 2.29. The number of halogens is 1. The van der Waals surface area contributed by atoms with Crippen molar-refractivity contribution in [3.63, 3.8) is 0 Å². The summed E-state index contributed by atoms with van der Waals surface area (Å²) in [4.78, 5) is 28.0. The minimum atomic E-state index is -0.0796. The van der Waals surface area contributed by atoms with Crippen LogP contribution in [-0.2, 0) is 14.3 Å². The predicted molar refractivity (Wildman–Crippen MR) is 120 cm³/mol. The number of nitrogens with zero attached hydrogens (tertiary/aromatic N) is 2. The number of piperazine rings is 1. The van der Waals surface area contributed by atoms with Gasteiger partial charge in [-0.05, 0) is 50.3 Å². The monoisotopic (exact) mass is 435 g/mol. The smallest absolute Gasteiger partial charge is 0.306 e. The lowest BCUT2D eigenvalue weighted by Crippen LogP contribution is -2.53. The summed E-state index contributed by atoms with van der Waals surface area (Å²) in [7, 11) is 0. The van der Waals surface area contributed by atoms with E-state index in [4.69, 9.17) is 16.3 Å². The molecule has 7 heteroatoms. The molecule has 0 spiro atoms. The lowest BCUT2D eigenvalue weighted by Gasteiger charge is -2.40. The van der Waals surface area contributed by atoms with Gasteiger partial charge in [0, 0.05) is 62.8 Å². The zero-order valence-electron chi connectivity index (χ0n) is 17.9. The maximum Gasteiger partial charge on any atom is 0.306 e. The fraction of sp³-hybridized carbons (Fsp3) is 0.652. The highest BCUT2D eigenvalue weighted by Gasteiger charge is 2.36. The van der Waals surface area contributed by atoms with Gasteiger partial charge in [-0.2, -0.15) is 0 Å². The van der Waals surface area contributed by atoms with Gasteiger partial charge < -0.3 is 15.0 Å². The van der Waals surface area contributed by atoms with Crippen molar-refractivity contribution in [2.75, 3.05) is 37.6 Å². The first-order chi connectivity index (χ1) is 14.5. The van der Waals surface area contributed by atoms with Gasteiger partial charge in [0.1, 0.15) is 6.10 Å². The van der Waals surface area contributed by atoms with Crippen molar-refractivity contribution in [2.24, 2.45) is 0 Å². The summed E-state index contributed by atoms with van der Waals surface area (Å²) in [5.74, 6) is -0.0842. The predicted octanol–water partition coefficient (Wildman–Crippen LogP) is 3.62. The normalized spacial score (nSPS) is 22.1. The number of rotatable bonds is 9. The number of carbonyl (C=O) groups is 2. The van der Waals surface area contributed by atoms with Gasteiger partial charge in [-0.1, -0.05) is 24.1 Å². The second kappa shape index (κ2) is 11.6. The molecule has 1 amide bonds. The molecule has 0 unspecified atom stereocenters. The Morgan fingerprint density at radius 1 is 1.13 bits per heavy atom. The average Bonchev–Trinajstić information content (AvgIpc) is 3.18. The van der Waals surface area contributed by atoms with Crippen LogP contribution in [0.3, 0.4) is 0 Å². The minimum absolute atomic E-state index is 0.00455. The number of anilines is 1. The van der Waals surface area contributed by atoms with Gasteiger partial charge in [0.15, 0.2) is 0 Å². The highest BCUT2D eigenvalue weighted by atomic mass is 35.5. The molecule has 30 heavy (non-hydrogen) atoms. The van der Waals surface area contributed by atoms with Gasteiger partial charge in [-0.3, -0.25) is 14.5 Å². The number of esters is 1. The Bertz CT molecular complexity index is 707. The van der Waals surface area contributed by atoms with E-state index in [1.165, 1.54) is 12.6 Å². The molecule has 2 atom stereocenters. The van der Waals surface area contributed by atoms with E-state index in [0.717, 1.165) is 69.7 Å². The van der Waals surface area contributed by atoms with Crippen LogP contribution in [0.25, 0.3) is 0 Å². The van der Waals surface area contributed by atoms with Gasteiger partial charge in [-0.15, -0.1) is 0 Å². The third-order valence-electron chi connectivity index (χ3n) is 6.09. The first-order valence-corrected chi connectivity index (χ1v) is 11.6. The Morgan fingerprint density at radius 3 is 2.67 bits per heavy atom. The molecule has 0 radical (unpaired) electrons. The second-order valence-corrected chi connectivity index (χ2v) is 8.76. The number of nitrogens with one attached hydrogen (secondary N) is 1. The lowest BCUT2D eigenvalue weighted by molar-refractivity contribution is -0.151. The minimum Gasteiger partial charge on any atom is -0.461 e. The molecule has 0 bridgehead atoms. The molecule has 2 aliphatic rings. The number of unbranched alkanes of at least 4 members (excludes halogenated alkanes) is 2. The summed E-state index contributed by atoms with van der Waals surface area (Å²) in [5, 5.41) is 3.55. The molecule has 1 aliphatic carbocycles. The third-order valence-corrected chi connectivity index (χ3v) is 6.32. The fourth-order valence-electron chi connectivity index (χ4n) is 4.51. The zero-order chi connectivity index (χ0) is 21.3. The summed E-state index contributed by atoms with van der Waals surface area (Å²) in [6.07, 6.45) is 6.31. The molecule has 166 valence electrons. The molecule has 1 saturated heterocycles. The number of benzene rings is 1. The van der Waals surface area contributed by atoms with E-state index in [9.17, 15) is 9.59 Å². The number of amides is 1. The molecule has 3 rings (SSSR count). The van der Waals surface area contributed by atoms with Crippen LogP contribution in [0, 0.1) is 0 Å². The van der Waals surface area contributed by atoms with E-state index in [0.29, 0.717) is 19.0 Å². The molecule has 1 heterocycles. The topological polar surface area (TPSA) is 61.9 Å². The van der Waals surface area contributed by atoms with Gasteiger partial charge in [0.25, 0.3) is 0 Å². The Morgan fingerprint density at radius 2 is 1.93 bits per heavy atom. The summed E-state index contributed by atoms with van der Waals surface area (Å²) < 4.78 is 5.87. The highest BCUT2D eigenvalue weighted by molar-refractivity contribution is 6.30. The van der Waals surface area contributed by atoms with Crippen LogP contribution in [0.5, 0.6) is 0 Å². The Balaban J connectivity index is 1.38. The summed E-state index contributed by atoms with van der Waals surface area (Å²) >= 11 is 6.14. The molecule has 1 aliphatic heterocycles. The first-order valence-electron chi connectivity index (χ1n) is 11.2. The number of ether oxygens (including phenoxy) is 1. The summed E-state index contributed by atoms with van der Waals surface area (Å²) in [6.45, 7) is 6.09. The van der Waals surface area contributed by atoms with Crippen molar-refractivity contribution >= 4 is 29.2 Å². The van der Waals surface area contributed by atoms with Crippen molar-refractivity contribution < 1.29 is 14.3 Å². The van der Waals surface area contributed by atoms with Crippen LogP contribution in [0.15, 0.2) is 24.3 Å². The Hall–Kier alpha value is -1.79. The standard InChI is InChI=1S/C23H34ClN3O3/c1-18(28)25-12-4-2-3-11-23(29)30-22-10-6-9-21(22)27-15-13-26(14-16-27)20-8-5-7-19(24)17-20/h5,7-8,17,21-22H,2-4,6,9-16H2,1H3,(H,25,28)/t21-,22-/m1/s1. The SMILES string of the molecule is CC(=O)NCCCCCC(=O)O[C@@H]1CCC[C@H]1N1CCN(c2cccc(Cl)c2)CC1. The van der Waals surface area contributed by atoms with Crippen LogP contribution in [0.1, 0.15) is 51.9 Å². The molecule has 1 aromatic rings. The Labute approximate surface area is 184 Å². The van der Waals surface area contributed by atoms with Gasteiger partial charge >= 0.3 is 5.97 Å². The van der Waals surface area contributed by atoms with Crippen LogP contribution in [0.2, 0.25) is 5.02 Å². The second-order valence-electron chi connectivity index (χ2n) is 8.32. The molecule has 1 N–H and O–H groups in total. The zero-order valence-corrected chi connectivity index (χ0v) is 18.7. The average molecular weight is 436 g/mol. The summed E-state index contributed by atoms with van der Waals surface area (Å²) in [6, 6.07) is 8.37. The number of hydrogen-bond acceptors (Lipinski definition) is 5. The van der Waals surface area contributed by atoms with E-state index in [1.54, 1.807) is 0 Å². The molecule has 0 aromatic heterocycles. The maximum atomic E-state index is 12.3. The van der Waals surface area contributed by atoms with E-state index >= 15 is 0 Å². The van der Waals surface area contributed by atoms with Gasteiger partial charge in [0.05, 0.1) is 0 Å². The number of carbonyl (C=O) groups excluding carboxylic acids is 2. The third kappa shape index (κ3) is 6.88. The van der Waals surface area contributed by atoms with Crippen molar-refractivity contribution in [1.29, 1.82) is 0 Å². The van der Waals surface area contributed by atoms with Crippen LogP contribution in [-0.4, -0.2) is 61.6 Å². The quantitative estimate of drug-likeness (QED) is 0.474. The van der Waals surface area contributed by atoms with E-state index < -0.39 is 0 Å². The van der Waals surface area contributed by atoms with Crippen molar-refractivity contribution in [3.8, 4) is 0 Å². The molecule has 1 aromatic carbocycles. The van der Waals surface area contributed by atoms with Crippen LogP contribution < -0.4 is 10.2 Å². The lowest BCUT2D eigenvalue weighted by atomic mass is 10.1. The number of hydrogen-bond donors (Lipinski definition) is 1. The van der Waals surface area contributed by atoms with Crippen molar-refractivity contribution in [1.82, 2.24) is 10.2 Å². The van der Waals surface area contributed by atoms with Crippen LogP contribution in [0.4, 0.5) is 5.69 Å². The molecule has 6 nitrogen and oxygen atoms in total. The van der Waals surface area contributed by atoms with Crippen molar-refractivity contribution in [3.05, 3.63) is 29.3 Å². The molecular weight excluding hydrogens is 402 g/mol. The summed E-state index contributed by atoms with van der Waals surface area (Å²) in [5.41, 5.74) is 1.18. The Kier molecular flexibility index (Phi) is 8.82. The van der Waals surface area contributed by atoms with E-state index in [2.05, 4.69) is 21.2 Å². The molecule has 1 saturated carbocycles. The van der Waals surface area contributed by atoms with E-state index in [-0.39, 0.29) is 18.0 Å². The molecule has 2 fully saturated rings. The molecular formula is C23H34ClN3O3. The van der Waals surface area contributed by atoms with Crippen LogP contribution >= 0.6 is 11.6 Å². The van der Waals surface area contributed by atoms with Gasteiger partial charge in [0.2, 0.25) is 5.91 Å². The van der Waals surface area contributed by atoms with Crippen molar-refractivity contribution in [2.45, 2.75) is 64.0 Å².